The first kappa shape index (κ1) is 24.2. The first-order valence-corrected chi connectivity index (χ1v) is 8.17. The lowest BCUT2D eigenvalue weighted by molar-refractivity contribution is -0.124. The third-order valence-electron chi connectivity index (χ3n) is 4.10. The third kappa shape index (κ3) is 9.88. The molecule has 0 aliphatic carbocycles. The van der Waals surface area contributed by atoms with Crippen molar-refractivity contribution in [2.45, 2.75) is 40.0 Å². The molecule has 1 fully saturated rings. The van der Waals surface area contributed by atoms with Crippen molar-refractivity contribution in [3.8, 4) is 0 Å². The number of hydrogen-bond donors (Lipinski definition) is 2. The Bertz CT molecular complexity index is 283. The number of nitrogens with one attached hydrogen (secondary N) is 2. The highest BCUT2D eigenvalue weighted by Gasteiger charge is 2.20. The maximum absolute atomic E-state index is 11.7. The number of piperidine rings is 1. The molecule has 1 rings (SSSR count). The molecular formula is C16H35Cl2N3O. The fourth-order valence-corrected chi connectivity index (χ4v) is 3.22. The van der Waals surface area contributed by atoms with E-state index in [9.17, 15) is 4.79 Å². The Morgan fingerprint density at radius 1 is 1.18 bits per heavy atom. The topological polar surface area (TPSA) is 44.4 Å². The number of amides is 1. The molecule has 22 heavy (non-hydrogen) atoms. The second-order valence-corrected chi connectivity index (χ2v) is 6.66. The van der Waals surface area contributed by atoms with Crippen molar-refractivity contribution in [2.75, 3.05) is 39.8 Å². The van der Waals surface area contributed by atoms with Crippen LogP contribution < -0.4 is 10.6 Å². The van der Waals surface area contributed by atoms with Gasteiger partial charge >= 0.3 is 0 Å². The molecule has 1 aliphatic rings. The average molecular weight is 356 g/mol. The van der Waals surface area contributed by atoms with Crippen LogP contribution in [0, 0.1) is 17.8 Å². The minimum atomic E-state index is 0. The van der Waals surface area contributed by atoms with Gasteiger partial charge in [-0.1, -0.05) is 20.8 Å². The van der Waals surface area contributed by atoms with Crippen LogP contribution in [0.25, 0.3) is 0 Å². The fourth-order valence-electron chi connectivity index (χ4n) is 3.22. The molecule has 0 bridgehead atoms. The summed E-state index contributed by atoms with van der Waals surface area (Å²) in [5.74, 6) is 1.89. The number of likely N-dealkylation sites (tertiary alicyclic amines) is 1. The molecule has 1 heterocycles. The molecule has 134 valence electrons. The van der Waals surface area contributed by atoms with Gasteiger partial charge in [-0.2, -0.15) is 0 Å². The lowest BCUT2D eigenvalue weighted by Crippen LogP contribution is -2.39. The zero-order valence-electron chi connectivity index (χ0n) is 14.6. The maximum Gasteiger partial charge on any atom is 0.224 e. The van der Waals surface area contributed by atoms with Crippen LogP contribution >= 0.6 is 24.8 Å². The molecule has 0 spiro atoms. The van der Waals surface area contributed by atoms with Gasteiger partial charge in [0, 0.05) is 32.1 Å². The minimum absolute atomic E-state index is 0. The van der Waals surface area contributed by atoms with Gasteiger partial charge in [-0.3, -0.25) is 4.79 Å². The summed E-state index contributed by atoms with van der Waals surface area (Å²) in [6.07, 6.45) is 3.63. The molecule has 1 amide bonds. The largest absolute Gasteiger partial charge is 0.356 e. The smallest absolute Gasteiger partial charge is 0.224 e. The summed E-state index contributed by atoms with van der Waals surface area (Å²) in [5, 5.41) is 6.06. The van der Waals surface area contributed by atoms with Gasteiger partial charge in [0.25, 0.3) is 0 Å². The van der Waals surface area contributed by atoms with E-state index in [0.717, 1.165) is 31.3 Å². The van der Waals surface area contributed by atoms with Crippen LogP contribution in [0.5, 0.6) is 0 Å². The Morgan fingerprint density at radius 2 is 1.77 bits per heavy atom. The highest BCUT2D eigenvalue weighted by Crippen LogP contribution is 2.20. The summed E-state index contributed by atoms with van der Waals surface area (Å²) in [6, 6.07) is 0. The van der Waals surface area contributed by atoms with Gasteiger partial charge in [0.15, 0.2) is 0 Å². The summed E-state index contributed by atoms with van der Waals surface area (Å²) in [4.78, 5) is 14.3. The van der Waals surface area contributed by atoms with Gasteiger partial charge < -0.3 is 15.5 Å². The Morgan fingerprint density at radius 3 is 2.32 bits per heavy atom. The van der Waals surface area contributed by atoms with Crippen molar-refractivity contribution < 1.29 is 4.79 Å². The van der Waals surface area contributed by atoms with Crippen molar-refractivity contribution in [1.82, 2.24) is 15.5 Å². The Kier molecular flexibility index (Phi) is 14.8. The summed E-state index contributed by atoms with van der Waals surface area (Å²) in [7, 11) is 1.88. The van der Waals surface area contributed by atoms with E-state index in [0.29, 0.717) is 0 Å². The molecule has 4 nitrogen and oxygen atoms in total. The average Bonchev–Trinajstić information content (AvgIpc) is 2.37. The fraction of sp³-hybridized carbons (Fsp3) is 0.938. The van der Waals surface area contributed by atoms with Crippen LogP contribution in [-0.4, -0.2) is 50.6 Å². The molecule has 0 aromatic heterocycles. The van der Waals surface area contributed by atoms with Crippen molar-refractivity contribution in [3.05, 3.63) is 0 Å². The molecule has 0 aromatic rings. The number of rotatable bonds is 8. The van der Waals surface area contributed by atoms with Crippen molar-refractivity contribution >= 4 is 30.7 Å². The first-order valence-electron chi connectivity index (χ1n) is 8.17. The van der Waals surface area contributed by atoms with Crippen LogP contribution in [0.15, 0.2) is 0 Å². The highest BCUT2D eigenvalue weighted by atomic mass is 35.5. The Labute approximate surface area is 149 Å². The van der Waals surface area contributed by atoms with E-state index in [1.807, 2.05) is 14.0 Å². The summed E-state index contributed by atoms with van der Waals surface area (Å²) < 4.78 is 0. The second-order valence-electron chi connectivity index (χ2n) is 6.66. The molecule has 0 radical (unpaired) electrons. The van der Waals surface area contributed by atoms with E-state index in [1.54, 1.807) is 0 Å². The van der Waals surface area contributed by atoms with E-state index in [4.69, 9.17) is 0 Å². The Balaban J connectivity index is 0. The second kappa shape index (κ2) is 13.4. The minimum Gasteiger partial charge on any atom is -0.356 e. The normalized spacial score (nSPS) is 23.1. The van der Waals surface area contributed by atoms with Crippen molar-refractivity contribution in [1.29, 1.82) is 0 Å². The number of halogens is 2. The van der Waals surface area contributed by atoms with Crippen LogP contribution in [0.4, 0.5) is 0 Å². The van der Waals surface area contributed by atoms with E-state index >= 15 is 0 Å². The maximum atomic E-state index is 11.7. The van der Waals surface area contributed by atoms with Crippen LogP contribution in [-0.2, 0) is 4.79 Å². The van der Waals surface area contributed by atoms with Gasteiger partial charge in [0.05, 0.1) is 0 Å². The summed E-state index contributed by atoms with van der Waals surface area (Å²) in [5.41, 5.74) is 0. The third-order valence-corrected chi connectivity index (χ3v) is 4.10. The number of carbonyl (C=O) groups excluding carboxylic acids is 1. The number of nitrogens with zero attached hydrogens (tertiary/aromatic N) is 1. The van der Waals surface area contributed by atoms with E-state index < -0.39 is 0 Å². The Hall–Kier alpha value is -0.0300. The molecule has 2 N–H and O–H groups in total. The molecule has 3 atom stereocenters. The molecule has 1 saturated heterocycles. The van der Waals surface area contributed by atoms with E-state index in [1.165, 1.54) is 32.5 Å². The van der Waals surface area contributed by atoms with Gasteiger partial charge in [-0.05, 0) is 44.7 Å². The van der Waals surface area contributed by atoms with Gasteiger partial charge in [-0.25, -0.2) is 0 Å². The summed E-state index contributed by atoms with van der Waals surface area (Å²) in [6.45, 7) is 11.9. The predicted molar refractivity (Wildman–Crippen MR) is 99.2 cm³/mol. The zero-order valence-corrected chi connectivity index (χ0v) is 16.2. The van der Waals surface area contributed by atoms with E-state index in [2.05, 4.69) is 29.4 Å². The lowest BCUT2D eigenvalue weighted by atomic mass is 9.92. The van der Waals surface area contributed by atoms with E-state index in [-0.39, 0.29) is 36.6 Å². The van der Waals surface area contributed by atoms with Gasteiger partial charge in [-0.15, -0.1) is 24.8 Å². The standard InChI is InChI=1S/C16H33N3O.2ClH/c1-13-9-14(2)12-19(11-13)8-6-5-7-18-16(20)15(3)10-17-4;;/h13-15,17H,5-12H2,1-4H3,(H,18,20);2*1H. The molecule has 6 heteroatoms. The predicted octanol–water partition coefficient (Wildman–Crippen LogP) is 2.56. The molecule has 0 saturated carbocycles. The summed E-state index contributed by atoms with van der Waals surface area (Å²) >= 11 is 0. The first-order chi connectivity index (χ1) is 9.52. The molecule has 1 aliphatic heterocycles. The molecule has 3 unspecified atom stereocenters. The molecule has 0 aromatic carbocycles. The van der Waals surface area contributed by atoms with Crippen LogP contribution in [0.1, 0.15) is 40.0 Å². The number of unbranched alkanes of at least 4 members (excludes halogenated alkanes) is 1. The lowest BCUT2D eigenvalue weighted by Gasteiger charge is -2.34. The van der Waals surface area contributed by atoms with Gasteiger partial charge in [0.2, 0.25) is 5.91 Å². The van der Waals surface area contributed by atoms with Crippen LogP contribution in [0.2, 0.25) is 0 Å². The van der Waals surface area contributed by atoms with Crippen LogP contribution in [0.3, 0.4) is 0 Å². The highest BCUT2D eigenvalue weighted by molar-refractivity contribution is 5.85. The quantitative estimate of drug-likeness (QED) is 0.657. The number of hydrogen-bond acceptors (Lipinski definition) is 3. The molecular weight excluding hydrogens is 321 g/mol. The van der Waals surface area contributed by atoms with Crippen molar-refractivity contribution in [2.24, 2.45) is 17.8 Å². The SMILES string of the molecule is CNCC(C)C(=O)NCCCCN1CC(C)CC(C)C1.Cl.Cl. The monoisotopic (exact) mass is 355 g/mol. The van der Waals surface area contributed by atoms with Crippen molar-refractivity contribution in [3.63, 3.8) is 0 Å². The number of carbonyl (C=O) groups is 1. The van der Waals surface area contributed by atoms with Gasteiger partial charge in [0.1, 0.15) is 0 Å². The zero-order chi connectivity index (χ0) is 15.0.